The minimum absolute atomic E-state index is 0.747. The highest BCUT2D eigenvalue weighted by Gasteiger charge is 2.11. The maximum atomic E-state index is 5.46. The SMILES string of the molecule is COc1cc(CBr)c(OC)c2ccccc12. The molecular formula is C13H13BrO2. The molecule has 2 aromatic carbocycles. The molecule has 0 bridgehead atoms. The summed E-state index contributed by atoms with van der Waals surface area (Å²) in [6, 6.07) is 10.1. The molecule has 0 aliphatic rings. The molecule has 0 atom stereocenters. The molecule has 0 N–H and O–H groups in total. The lowest BCUT2D eigenvalue weighted by molar-refractivity contribution is 0.407. The zero-order valence-electron chi connectivity index (χ0n) is 9.29. The number of alkyl halides is 1. The van der Waals surface area contributed by atoms with E-state index in [1.807, 2.05) is 30.3 Å². The second-order valence-corrected chi connectivity index (χ2v) is 4.01. The molecule has 0 aliphatic heterocycles. The highest BCUT2D eigenvalue weighted by atomic mass is 79.9. The predicted molar refractivity (Wildman–Crippen MR) is 69.7 cm³/mol. The smallest absolute Gasteiger partial charge is 0.130 e. The van der Waals surface area contributed by atoms with Gasteiger partial charge in [0.05, 0.1) is 14.2 Å². The molecule has 84 valence electrons. The molecule has 0 radical (unpaired) electrons. The van der Waals surface area contributed by atoms with Gasteiger partial charge in [-0.1, -0.05) is 40.2 Å². The van der Waals surface area contributed by atoms with Crippen LogP contribution in [-0.4, -0.2) is 14.2 Å². The van der Waals surface area contributed by atoms with Gasteiger partial charge in [0.15, 0.2) is 0 Å². The number of fused-ring (bicyclic) bond motifs is 1. The predicted octanol–water partition coefficient (Wildman–Crippen LogP) is 3.75. The van der Waals surface area contributed by atoms with Gasteiger partial charge in [-0.15, -0.1) is 0 Å². The number of ether oxygens (including phenoxy) is 2. The van der Waals surface area contributed by atoms with E-state index in [1.165, 1.54) is 0 Å². The lowest BCUT2D eigenvalue weighted by atomic mass is 10.0. The van der Waals surface area contributed by atoms with Crippen LogP contribution in [0, 0.1) is 0 Å². The third-order valence-corrected chi connectivity index (χ3v) is 3.21. The summed E-state index contributed by atoms with van der Waals surface area (Å²) in [5.41, 5.74) is 1.10. The van der Waals surface area contributed by atoms with Crippen molar-refractivity contribution in [1.29, 1.82) is 0 Å². The van der Waals surface area contributed by atoms with E-state index in [9.17, 15) is 0 Å². The van der Waals surface area contributed by atoms with Crippen LogP contribution < -0.4 is 9.47 Å². The van der Waals surface area contributed by atoms with Crippen molar-refractivity contribution in [3.8, 4) is 11.5 Å². The van der Waals surface area contributed by atoms with Gasteiger partial charge in [-0.2, -0.15) is 0 Å². The maximum absolute atomic E-state index is 5.46. The lowest BCUT2D eigenvalue weighted by Gasteiger charge is -2.13. The fourth-order valence-corrected chi connectivity index (χ4v) is 2.30. The molecule has 0 saturated heterocycles. The summed E-state index contributed by atoms with van der Waals surface area (Å²) in [5, 5.41) is 2.91. The standard InChI is InChI=1S/C13H13BrO2/c1-15-12-7-9(8-14)13(16-2)11-6-4-3-5-10(11)12/h3-7H,8H2,1-2H3. The van der Waals surface area contributed by atoms with Gasteiger partial charge in [-0.25, -0.2) is 0 Å². The summed E-state index contributed by atoms with van der Waals surface area (Å²) >= 11 is 3.46. The van der Waals surface area contributed by atoms with Crippen molar-refractivity contribution >= 4 is 26.7 Å². The van der Waals surface area contributed by atoms with E-state index in [0.717, 1.165) is 33.2 Å². The van der Waals surface area contributed by atoms with Crippen LogP contribution in [0.15, 0.2) is 30.3 Å². The van der Waals surface area contributed by atoms with Gasteiger partial charge in [-0.3, -0.25) is 0 Å². The van der Waals surface area contributed by atoms with Crippen LogP contribution in [0.1, 0.15) is 5.56 Å². The van der Waals surface area contributed by atoms with Crippen molar-refractivity contribution in [3.05, 3.63) is 35.9 Å². The molecule has 0 amide bonds. The minimum Gasteiger partial charge on any atom is -0.496 e. The van der Waals surface area contributed by atoms with Crippen molar-refractivity contribution in [2.24, 2.45) is 0 Å². The summed E-state index contributed by atoms with van der Waals surface area (Å²) in [6.07, 6.45) is 0. The van der Waals surface area contributed by atoms with Crippen molar-refractivity contribution < 1.29 is 9.47 Å². The highest BCUT2D eigenvalue weighted by Crippen LogP contribution is 2.37. The Balaban J connectivity index is 2.83. The summed E-state index contributed by atoms with van der Waals surface area (Å²) in [4.78, 5) is 0. The molecule has 3 heteroatoms. The number of benzene rings is 2. The van der Waals surface area contributed by atoms with E-state index < -0.39 is 0 Å². The molecule has 0 saturated carbocycles. The van der Waals surface area contributed by atoms with Gasteiger partial charge in [0, 0.05) is 21.7 Å². The first-order chi connectivity index (χ1) is 7.81. The normalized spacial score (nSPS) is 10.4. The Morgan fingerprint density at radius 2 is 1.75 bits per heavy atom. The molecule has 0 fully saturated rings. The summed E-state index contributed by atoms with van der Waals surface area (Å²) in [5.74, 6) is 1.79. The first-order valence-corrected chi connectivity index (χ1v) is 6.12. The second-order valence-electron chi connectivity index (χ2n) is 3.45. The monoisotopic (exact) mass is 280 g/mol. The minimum atomic E-state index is 0.747. The van der Waals surface area contributed by atoms with Crippen molar-refractivity contribution in [1.82, 2.24) is 0 Å². The van der Waals surface area contributed by atoms with E-state index >= 15 is 0 Å². The molecule has 2 aromatic rings. The van der Waals surface area contributed by atoms with Crippen molar-refractivity contribution in [2.75, 3.05) is 14.2 Å². The molecule has 0 aliphatic carbocycles. The van der Waals surface area contributed by atoms with Crippen LogP contribution in [0.3, 0.4) is 0 Å². The highest BCUT2D eigenvalue weighted by molar-refractivity contribution is 9.08. The number of methoxy groups -OCH3 is 2. The van der Waals surface area contributed by atoms with Crippen LogP contribution in [0.5, 0.6) is 11.5 Å². The Hall–Kier alpha value is -1.22. The molecule has 2 rings (SSSR count). The third kappa shape index (κ3) is 1.76. The molecule has 0 spiro atoms. The topological polar surface area (TPSA) is 18.5 Å². The second kappa shape index (κ2) is 4.74. The number of rotatable bonds is 3. The van der Waals surface area contributed by atoms with Crippen LogP contribution in [0.2, 0.25) is 0 Å². The Labute approximate surface area is 103 Å². The van der Waals surface area contributed by atoms with E-state index in [4.69, 9.17) is 9.47 Å². The first-order valence-electron chi connectivity index (χ1n) is 5.00. The molecule has 0 aromatic heterocycles. The summed E-state index contributed by atoms with van der Waals surface area (Å²) in [6.45, 7) is 0. The average Bonchev–Trinajstić information content (AvgIpc) is 2.36. The van der Waals surface area contributed by atoms with Crippen molar-refractivity contribution in [2.45, 2.75) is 5.33 Å². The number of hydrogen-bond donors (Lipinski definition) is 0. The number of halogens is 1. The van der Waals surface area contributed by atoms with Gasteiger partial charge in [0.2, 0.25) is 0 Å². The summed E-state index contributed by atoms with van der Waals surface area (Å²) in [7, 11) is 3.38. The zero-order chi connectivity index (χ0) is 11.5. The van der Waals surface area contributed by atoms with Gasteiger partial charge in [0.1, 0.15) is 11.5 Å². The van der Waals surface area contributed by atoms with Gasteiger partial charge in [-0.05, 0) is 6.07 Å². The lowest BCUT2D eigenvalue weighted by Crippen LogP contribution is -1.94. The Bertz CT molecular complexity index is 509. The van der Waals surface area contributed by atoms with E-state index in [0.29, 0.717) is 0 Å². The fraction of sp³-hybridized carbons (Fsp3) is 0.231. The fourth-order valence-electron chi connectivity index (χ4n) is 1.88. The zero-order valence-corrected chi connectivity index (χ0v) is 10.9. The molecule has 16 heavy (non-hydrogen) atoms. The Morgan fingerprint density at radius 1 is 1.06 bits per heavy atom. The Kier molecular flexibility index (Phi) is 3.34. The molecule has 0 unspecified atom stereocenters. The Morgan fingerprint density at radius 3 is 2.31 bits per heavy atom. The molecule has 0 heterocycles. The van der Waals surface area contributed by atoms with Crippen molar-refractivity contribution in [3.63, 3.8) is 0 Å². The quantitative estimate of drug-likeness (QED) is 0.798. The first kappa shape index (κ1) is 11.3. The maximum Gasteiger partial charge on any atom is 0.130 e. The molecule has 2 nitrogen and oxygen atoms in total. The van der Waals surface area contributed by atoms with Crippen LogP contribution in [0.25, 0.3) is 10.8 Å². The van der Waals surface area contributed by atoms with E-state index in [-0.39, 0.29) is 0 Å². The van der Waals surface area contributed by atoms with Gasteiger partial charge >= 0.3 is 0 Å². The van der Waals surface area contributed by atoms with Crippen LogP contribution in [-0.2, 0) is 5.33 Å². The average molecular weight is 281 g/mol. The largest absolute Gasteiger partial charge is 0.496 e. The third-order valence-electron chi connectivity index (χ3n) is 2.60. The van der Waals surface area contributed by atoms with Gasteiger partial charge in [0.25, 0.3) is 0 Å². The van der Waals surface area contributed by atoms with E-state index in [1.54, 1.807) is 14.2 Å². The number of hydrogen-bond acceptors (Lipinski definition) is 2. The molecular weight excluding hydrogens is 268 g/mol. The van der Waals surface area contributed by atoms with E-state index in [2.05, 4.69) is 15.9 Å². The van der Waals surface area contributed by atoms with Crippen LogP contribution in [0.4, 0.5) is 0 Å². The summed E-state index contributed by atoms with van der Waals surface area (Å²) < 4.78 is 10.9. The van der Waals surface area contributed by atoms with Gasteiger partial charge < -0.3 is 9.47 Å². The van der Waals surface area contributed by atoms with Crippen LogP contribution >= 0.6 is 15.9 Å².